The zero-order chi connectivity index (χ0) is 15.5. The highest BCUT2D eigenvalue weighted by atomic mass is 35.5. The van der Waals surface area contributed by atoms with Crippen LogP contribution in [0.1, 0.15) is 23.0 Å². The van der Waals surface area contributed by atoms with E-state index in [4.69, 9.17) is 11.6 Å². The summed E-state index contributed by atoms with van der Waals surface area (Å²) >= 11 is 5.99. The smallest absolute Gasteiger partial charge is 0.270 e. The van der Waals surface area contributed by atoms with Crippen LogP contribution >= 0.6 is 11.6 Å². The van der Waals surface area contributed by atoms with Crippen LogP contribution < -0.4 is 0 Å². The van der Waals surface area contributed by atoms with Crippen molar-refractivity contribution in [1.29, 1.82) is 0 Å². The Kier molecular flexibility index (Phi) is 4.16. The number of hydrogen-bond acceptors (Lipinski definition) is 1. The van der Waals surface area contributed by atoms with Crippen molar-refractivity contribution >= 4 is 28.4 Å². The fraction of sp³-hybridized carbons (Fsp3) is 0.167. The molecule has 1 amide bonds. The molecule has 0 atom stereocenters. The molecule has 0 fully saturated rings. The molecule has 0 unspecified atom stereocenters. The van der Waals surface area contributed by atoms with Crippen molar-refractivity contribution in [3.63, 3.8) is 0 Å². The van der Waals surface area contributed by atoms with Crippen LogP contribution in [0.15, 0.2) is 54.6 Å². The molecule has 2 aromatic carbocycles. The highest BCUT2D eigenvalue weighted by Crippen LogP contribution is 2.21. The molecule has 0 aliphatic heterocycles. The number of benzene rings is 2. The average Bonchev–Trinajstić information content (AvgIpc) is 2.96. The number of amides is 1. The molecule has 0 radical (unpaired) electrons. The Hall–Kier alpha value is -2.26. The van der Waals surface area contributed by atoms with Gasteiger partial charge in [-0.05, 0) is 30.7 Å². The lowest BCUT2D eigenvalue weighted by Crippen LogP contribution is -2.30. The van der Waals surface area contributed by atoms with Crippen molar-refractivity contribution in [3.05, 3.63) is 70.9 Å². The fourth-order valence-corrected chi connectivity index (χ4v) is 2.69. The minimum Gasteiger partial charge on any atom is -0.350 e. The average molecular weight is 313 g/mol. The molecule has 0 aliphatic carbocycles. The summed E-state index contributed by atoms with van der Waals surface area (Å²) in [6, 6.07) is 17.5. The van der Waals surface area contributed by atoms with Crippen molar-refractivity contribution in [1.82, 2.24) is 9.88 Å². The van der Waals surface area contributed by atoms with E-state index in [2.05, 4.69) is 4.98 Å². The summed E-state index contributed by atoms with van der Waals surface area (Å²) in [5, 5.41) is 1.65. The maximum Gasteiger partial charge on any atom is 0.270 e. The second kappa shape index (κ2) is 6.24. The Balaban J connectivity index is 1.86. The summed E-state index contributed by atoms with van der Waals surface area (Å²) in [6.45, 7) is 3.25. The van der Waals surface area contributed by atoms with Gasteiger partial charge >= 0.3 is 0 Å². The Morgan fingerprint density at radius 3 is 2.64 bits per heavy atom. The molecule has 1 heterocycles. The molecule has 0 saturated carbocycles. The highest BCUT2D eigenvalue weighted by Gasteiger charge is 2.16. The van der Waals surface area contributed by atoms with E-state index in [9.17, 15) is 4.79 Å². The number of rotatable bonds is 4. The van der Waals surface area contributed by atoms with Crippen LogP contribution in [0.2, 0.25) is 5.02 Å². The van der Waals surface area contributed by atoms with Crippen molar-refractivity contribution in [3.8, 4) is 0 Å². The Bertz CT molecular complexity index is 795. The number of nitrogens with zero attached hydrogens (tertiary/aromatic N) is 1. The van der Waals surface area contributed by atoms with Gasteiger partial charge in [-0.2, -0.15) is 0 Å². The maximum atomic E-state index is 12.7. The first-order valence-electron chi connectivity index (χ1n) is 7.29. The van der Waals surface area contributed by atoms with Crippen LogP contribution in [-0.4, -0.2) is 22.3 Å². The minimum absolute atomic E-state index is 0.00123. The van der Waals surface area contributed by atoms with Crippen LogP contribution in [-0.2, 0) is 6.54 Å². The maximum absolute atomic E-state index is 12.7. The molecule has 0 saturated heterocycles. The van der Waals surface area contributed by atoms with Crippen LogP contribution in [0.3, 0.4) is 0 Å². The molecule has 112 valence electrons. The number of aromatic nitrogens is 1. The molecular weight excluding hydrogens is 296 g/mol. The van der Waals surface area contributed by atoms with E-state index >= 15 is 0 Å². The minimum atomic E-state index is -0.00123. The van der Waals surface area contributed by atoms with Crippen LogP contribution in [0.4, 0.5) is 0 Å². The SMILES string of the molecule is CCN(Cc1ccccc1)C(=O)c1cc2ccc(Cl)cc2[nH]1. The lowest BCUT2D eigenvalue weighted by Gasteiger charge is -2.20. The zero-order valence-electron chi connectivity index (χ0n) is 12.3. The monoisotopic (exact) mass is 312 g/mol. The Labute approximate surface area is 134 Å². The number of halogens is 1. The first-order chi connectivity index (χ1) is 10.7. The van der Waals surface area contributed by atoms with Gasteiger partial charge in [0.1, 0.15) is 5.69 Å². The fourth-order valence-electron chi connectivity index (χ4n) is 2.52. The molecule has 22 heavy (non-hydrogen) atoms. The summed E-state index contributed by atoms with van der Waals surface area (Å²) in [5.41, 5.74) is 2.60. The van der Waals surface area contributed by atoms with E-state index < -0.39 is 0 Å². The first-order valence-corrected chi connectivity index (χ1v) is 7.66. The predicted molar refractivity (Wildman–Crippen MR) is 90.2 cm³/mol. The summed E-state index contributed by atoms with van der Waals surface area (Å²) < 4.78 is 0. The molecule has 3 rings (SSSR count). The third-order valence-electron chi connectivity index (χ3n) is 3.70. The summed E-state index contributed by atoms with van der Waals surface area (Å²) in [5.74, 6) is -0.00123. The molecule has 3 nitrogen and oxygen atoms in total. The predicted octanol–water partition coefficient (Wildman–Crippen LogP) is 4.48. The highest BCUT2D eigenvalue weighted by molar-refractivity contribution is 6.31. The summed E-state index contributed by atoms with van der Waals surface area (Å²) in [4.78, 5) is 17.7. The van der Waals surface area contributed by atoms with Gasteiger partial charge in [0.05, 0.1) is 0 Å². The third kappa shape index (κ3) is 3.00. The normalized spacial score (nSPS) is 10.8. The van der Waals surface area contributed by atoms with Gasteiger partial charge in [0.25, 0.3) is 5.91 Å². The topological polar surface area (TPSA) is 36.1 Å². The van der Waals surface area contributed by atoms with Gasteiger partial charge in [-0.3, -0.25) is 4.79 Å². The van der Waals surface area contributed by atoms with Gasteiger partial charge in [-0.1, -0.05) is 48.0 Å². The molecule has 0 aliphatic rings. The van der Waals surface area contributed by atoms with Crippen molar-refractivity contribution in [2.75, 3.05) is 6.54 Å². The van der Waals surface area contributed by atoms with Gasteiger partial charge < -0.3 is 9.88 Å². The molecule has 4 heteroatoms. The Morgan fingerprint density at radius 1 is 1.14 bits per heavy atom. The van der Waals surface area contributed by atoms with Crippen LogP contribution in [0, 0.1) is 0 Å². The lowest BCUT2D eigenvalue weighted by atomic mass is 10.2. The van der Waals surface area contributed by atoms with E-state index in [1.807, 2.05) is 66.4 Å². The molecular formula is C18H17ClN2O. The quantitative estimate of drug-likeness (QED) is 0.757. The van der Waals surface area contributed by atoms with E-state index in [1.165, 1.54) is 0 Å². The van der Waals surface area contributed by atoms with Crippen molar-refractivity contribution in [2.45, 2.75) is 13.5 Å². The van der Waals surface area contributed by atoms with Crippen molar-refractivity contribution in [2.24, 2.45) is 0 Å². The van der Waals surface area contributed by atoms with E-state index in [0.29, 0.717) is 23.8 Å². The van der Waals surface area contributed by atoms with Gasteiger partial charge in [0, 0.05) is 29.0 Å². The number of carbonyl (C=O) groups excluding carboxylic acids is 1. The van der Waals surface area contributed by atoms with Gasteiger partial charge in [0.2, 0.25) is 0 Å². The summed E-state index contributed by atoms with van der Waals surface area (Å²) in [6.07, 6.45) is 0. The van der Waals surface area contributed by atoms with Crippen molar-refractivity contribution < 1.29 is 4.79 Å². The number of aromatic amines is 1. The number of hydrogen-bond donors (Lipinski definition) is 1. The number of H-pyrrole nitrogens is 1. The molecule has 0 spiro atoms. The van der Waals surface area contributed by atoms with Gasteiger partial charge in [-0.25, -0.2) is 0 Å². The van der Waals surface area contributed by atoms with E-state index in [0.717, 1.165) is 16.5 Å². The molecule has 1 N–H and O–H groups in total. The zero-order valence-corrected chi connectivity index (χ0v) is 13.1. The van der Waals surface area contributed by atoms with E-state index in [-0.39, 0.29) is 5.91 Å². The number of carbonyl (C=O) groups is 1. The van der Waals surface area contributed by atoms with Gasteiger partial charge in [0.15, 0.2) is 0 Å². The summed E-state index contributed by atoms with van der Waals surface area (Å²) in [7, 11) is 0. The molecule has 3 aromatic rings. The lowest BCUT2D eigenvalue weighted by molar-refractivity contribution is 0.0747. The standard InChI is InChI=1S/C18H17ClN2O/c1-2-21(12-13-6-4-3-5-7-13)18(22)17-10-14-8-9-15(19)11-16(14)20-17/h3-11,20H,2,12H2,1H3. The second-order valence-corrected chi connectivity index (χ2v) is 5.66. The molecule has 0 bridgehead atoms. The van der Waals surface area contributed by atoms with Gasteiger partial charge in [-0.15, -0.1) is 0 Å². The van der Waals surface area contributed by atoms with Crippen LogP contribution in [0.25, 0.3) is 10.9 Å². The number of fused-ring (bicyclic) bond motifs is 1. The largest absolute Gasteiger partial charge is 0.350 e. The number of nitrogens with one attached hydrogen (secondary N) is 1. The Morgan fingerprint density at radius 2 is 1.91 bits per heavy atom. The third-order valence-corrected chi connectivity index (χ3v) is 3.94. The molecule has 1 aromatic heterocycles. The second-order valence-electron chi connectivity index (χ2n) is 5.22. The van der Waals surface area contributed by atoms with E-state index in [1.54, 1.807) is 0 Å². The van der Waals surface area contributed by atoms with Crippen LogP contribution in [0.5, 0.6) is 0 Å². The first kappa shape index (κ1) is 14.7.